The zero-order chi connectivity index (χ0) is 16.8. The number of rotatable bonds is 6. The Morgan fingerprint density at radius 3 is 2.27 bits per heavy atom. The van der Waals surface area contributed by atoms with E-state index in [4.69, 9.17) is 4.74 Å². The summed E-state index contributed by atoms with van der Waals surface area (Å²) in [5.74, 6) is 5.84. The van der Waals surface area contributed by atoms with Crippen LogP contribution < -0.4 is 10.1 Å². The molecule has 2 N–H and O–H groups in total. The van der Waals surface area contributed by atoms with Gasteiger partial charge in [-0.1, -0.05) is 32.5 Å². The molecule has 0 amide bonds. The van der Waals surface area contributed by atoms with Crippen LogP contribution in [0.3, 0.4) is 0 Å². The summed E-state index contributed by atoms with van der Waals surface area (Å²) < 4.78 is 5.09. The summed E-state index contributed by atoms with van der Waals surface area (Å²) in [7, 11) is 0.189. The van der Waals surface area contributed by atoms with Gasteiger partial charge in [-0.2, -0.15) is 0 Å². The summed E-state index contributed by atoms with van der Waals surface area (Å²) in [5.41, 5.74) is 1.01. The third-order valence-corrected chi connectivity index (χ3v) is 6.15. The molecule has 0 fully saturated rings. The molecule has 2 unspecified atom stereocenters. The van der Waals surface area contributed by atoms with E-state index in [1.165, 1.54) is 0 Å². The highest BCUT2D eigenvalue weighted by Crippen LogP contribution is 2.24. The molecule has 2 atom stereocenters. The average molecular weight is 319 g/mol. The highest BCUT2D eigenvalue weighted by molar-refractivity contribution is 6.78. The second-order valence-corrected chi connectivity index (χ2v) is 11.7. The number of hydrogen-bond donors (Lipinski definition) is 2. The number of anilines is 1. The van der Waals surface area contributed by atoms with E-state index < -0.39 is 20.1 Å². The van der Waals surface area contributed by atoms with Crippen molar-refractivity contribution < 1.29 is 14.6 Å². The van der Waals surface area contributed by atoms with Crippen LogP contribution in [0.4, 0.5) is 5.69 Å². The molecule has 0 saturated heterocycles. The lowest BCUT2D eigenvalue weighted by molar-refractivity contribution is -0.136. The number of nitrogens with one attached hydrogen (secondary N) is 1. The van der Waals surface area contributed by atoms with Crippen molar-refractivity contribution in [2.75, 3.05) is 12.4 Å². The SMILES string of the molecule is CCC(C#CC(Nc1ccc(OC)cc1)C(=O)O)[Si](C)(C)C. The molecule has 0 bridgehead atoms. The molecule has 0 aliphatic rings. The van der Waals surface area contributed by atoms with Crippen LogP contribution in [0.1, 0.15) is 13.3 Å². The highest BCUT2D eigenvalue weighted by Gasteiger charge is 2.24. The van der Waals surface area contributed by atoms with E-state index >= 15 is 0 Å². The van der Waals surface area contributed by atoms with Crippen LogP contribution in [0.15, 0.2) is 24.3 Å². The molecular weight excluding hydrogens is 294 g/mol. The number of aliphatic carboxylic acids is 1. The topological polar surface area (TPSA) is 58.6 Å². The van der Waals surface area contributed by atoms with Gasteiger partial charge in [-0.05, 0) is 30.7 Å². The van der Waals surface area contributed by atoms with Crippen LogP contribution in [0.25, 0.3) is 0 Å². The van der Waals surface area contributed by atoms with Gasteiger partial charge in [0.15, 0.2) is 6.04 Å². The zero-order valence-corrected chi connectivity index (χ0v) is 14.9. The fourth-order valence-corrected chi connectivity index (χ4v) is 3.87. The van der Waals surface area contributed by atoms with Crippen LogP contribution in [-0.4, -0.2) is 32.3 Å². The van der Waals surface area contributed by atoms with Crippen molar-refractivity contribution in [2.24, 2.45) is 0 Å². The molecule has 1 aromatic carbocycles. The number of ether oxygens (including phenoxy) is 1. The lowest BCUT2D eigenvalue weighted by atomic mass is 10.2. The van der Waals surface area contributed by atoms with Gasteiger partial charge in [0.05, 0.1) is 15.2 Å². The maximum Gasteiger partial charge on any atom is 0.338 e. The molecule has 0 aromatic heterocycles. The summed E-state index contributed by atoms with van der Waals surface area (Å²) in [5, 5.41) is 12.3. The van der Waals surface area contributed by atoms with Crippen LogP contribution in [-0.2, 0) is 4.79 Å². The number of carboxylic acid groups (broad SMARTS) is 1. The standard InChI is InChI=1S/C17H25NO3Si/c1-6-15(22(3,4)5)11-12-16(17(19)20)18-13-7-9-14(21-2)10-8-13/h7-10,15-16,18H,6H2,1-5H3,(H,19,20). The van der Waals surface area contributed by atoms with Crippen molar-refractivity contribution in [3.8, 4) is 17.6 Å². The minimum atomic E-state index is -1.40. The van der Waals surface area contributed by atoms with E-state index in [1.807, 2.05) is 0 Å². The number of methoxy groups -OCH3 is 1. The van der Waals surface area contributed by atoms with Gasteiger partial charge < -0.3 is 15.2 Å². The molecule has 0 heterocycles. The number of carboxylic acids is 1. The Bertz CT molecular complexity index is 552. The predicted molar refractivity (Wildman–Crippen MR) is 93.2 cm³/mol. The van der Waals surface area contributed by atoms with Gasteiger partial charge in [0.2, 0.25) is 0 Å². The number of carbonyl (C=O) groups is 1. The van der Waals surface area contributed by atoms with Crippen LogP contribution in [0, 0.1) is 11.8 Å². The van der Waals surface area contributed by atoms with Crippen molar-refractivity contribution in [3.05, 3.63) is 24.3 Å². The molecule has 1 aromatic rings. The summed E-state index contributed by atoms with van der Waals surface area (Å²) in [6.45, 7) is 8.86. The van der Waals surface area contributed by atoms with Crippen molar-refractivity contribution in [1.29, 1.82) is 0 Å². The van der Waals surface area contributed by atoms with E-state index in [9.17, 15) is 9.90 Å². The molecule has 1 rings (SSSR count). The van der Waals surface area contributed by atoms with Crippen molar-refractivity contribution >= 4 is 19.7 Å². The monoisotopic (exact) mass is 319 g/mol. The van der Waals surface area contributed by atoms with Gasteiger partial charge in [-0.25, -0.2) is 4.79 Å². The second kappa shape index (κ2) is 7.90. The third kappa shape index (κ3) is 5.45. The third-order valence-electron chi connectivity index (χ3n) is 3.50. The minimum Gasteiger partial charge on any atom is -0.497 e. The van der Waals surface area contributed by atoms with E-state index in [1.54, 1.807) is 31.4 Å². The molecule has 120 valence electrons. The molecule has 4 nitrogen and oxygen atoms in total. The van der Waals surface area contributed by atoms with Crippen molar-refractivity contribution in [2.45, 2.75) is 44.6 Å². The maximum atomic E-state index is 11.4. The molecule has 0 radical (unpaired) electrons. The van der Waals surface area contributed by atoms with Gasteiger partial charge in [0, 0.05) is 11.2 Å². The van der Waals surface area contributed by atoms with E-state index in [2.05, 4.69) is 43.7 Å². The normalized spacial score (nSPS) is 13.5. The first-order chi connectivity index (χ1) is 10.3. The van der Waals surface area contributed by atoms with E-state index in [0.717, 1.165) is 12.2 Å². The molecule has 0 aliphatic carbocycles. The maximum absolute atomic E-state index is 11.4. The van der Waals surface area contributed by atoms with Gasteiger partial charge in [0.25, 0.3) is 0 Å². The summed E-state index contributed by atoms with van der Waals surface area (Å²) in [6, 6.07) is 6.23. The molecule has 0 saturated carbocycles. The highest BCUT2D eigenvalue weighted by atomic mass is 28.3. The fourth-order valence-electron chi connectivity index (χ4n) is 2.13. The van der Waals surface area contributed by atoms with Gasteiger partial charge in [-0.15, -0.1) is 5.92 Å². The Hall–Kier alpha value is -1.93. The van der Waals surface area contributed by atoms with Crippen molar-refractivity contribution in [1.82, 2.24) is 0 Å². The molecule has 22 heavy (non-hydrogen) atoms. The lowest BCUT2D eigenvalue weighted by Crippen LogP contribution is -2.29. The largest absolute Gasteiger partial charge is 0.497 e. The first kappa shape index (κ1) is 18.1. The lowest BCUT2D eigenvalue weighted by Gasteiger charge is -2.23. The number of benzene rings is 1. The van der Waals surface area contributed by atoms with E-state index in [0.29, 0.717) is 11.2 Å². The molecule has 0 aliphatic heterocycles. The zero-order valence-electron chi connectivity index (χ0n) is 13.9. The average Bonchev–Trinajstić information content (AvgIpc) is 2.45. The quantitative estimate of drug-likeness (QED) is 0.620. The van der Waals surface area contributed by atoms with Gasteiger partial charge in [-0.3, -0.25) is 0 Å². The number of hydrogen-bond acceptors (Lipinski definition) is 3. The Labute approximate surface area is 133 Å². The van der Waals surface area contributed by atoms with Crippen molar-refractivity contribution in [3.63, 3.8) is 0 Å². The van der Waals surface area contributed by atoms with E-state index in [-0.39, 0.29) is 0 Å². The second-order valence-electron chi connectivity index (χ2n) is 6.26. The first-order valence-corrected chi connectivity index (χ1v) is 11.0. The van der Waals surface area contributed by atoms with Crippen LogP contribution in [0.2, 0.25) is 25.2 Å². The first-order valence-electron chi connectivity index (χ1n) is 7.42. The Kier molecular flexibility index (Phi) is 6.51. The predicted octanol–water partition coefficient (Wildman–Crippen LogP) is 3.68. The van der Waals surface area contributed by atoms with Crippen LogP contribution in [0.5, 0.6) is 5.75 Å². The smallest absolute Gasteiger partial charge is 0.338 e. The Morgan fingerprint density at radius 2 is 1.86 bits per heavy atom. The summed E-state index contributed by atoms with van der Waals surface area (Å²) in [4.78, 5) is 11.4. The van der Waals surface area contributed by atoms with Crippen LogP contribution >= 0.6 is 0 Å². The Balaban J connectivity index is 2.88. The summed E-state index contributed by atoms with van der Waals surface area (Å²) >= 11 is 0. The fraction of sp³-hybridized carbons (Fsp3) is 0.471. The molecular formula is C17H25NO3Si. The van der Waals surface area contributed by atoms with Gasteiger partial charge in [0.1, 0.15) is 5.75 Å². The minimum absolute atomic E-state index is 0.298. The van der Waals surface area contributed by atoms with Gasteiger partial charge >= 0.3 is 5.97 Å². The molecule has 0 spiro atoms. The Morgan fingerprint density at radius 1 is 1.27 bits per heavy atom. The molecule has 5 heteroatoms. The summed E-state index contributed by atoms with van der Waals surface area (Å²) in [6.07, 6.45) is 0.956.